The van der Waals surface area contributed by atoms with Gasteiger partial charge in [-0.05, 0) is 36.4 Å². The van der Waals surface area contributed by atoms with Gasteiger partial charge in [-0.2, -0.15) is 0 Å². The minimum absolute atomic E-state index is 0.108. The van der Waals surface area contributed by atoms with E-state index in [1.807, 2.05) is 24.3 Å². The smallest absolute Gasteiger partial charge is 0.326 e. The molecule has 2 N–H and O–H groups in total. The van der Waals surface area contributed by atoms with E-state index in [9.17, 15) is 18.4 Å². The number of aliphatic carboxylic acids is 1. The Hall–Kier alpha value is -1.15. The predicted octanol–water partition coefficient (Wildman–Crippen LogP) is 3.55. The molecule has 1 unspecified atom stereocenters. The maximum atomic E-state index is 12.2. The van der Waals surface area contributed by atoms with Crippen molar-refractivity contribution in [3.05, 3.63) is 28.7 Å². The average Bonchev–Trinajstić information content (AvgIpc) is 2.44. The summed E-state index contributed by atoms with van der Waals surface area (Å²) in [6, 6.07) is 6.18. The van der Waals surface area contributed by atoms with Crippen LogP contribution in [0.25, 0.3) is 0 Å². The molecule has 0 spiro atoms. The Morgan fingerprint density at radius 2 is 1.91 bits per heavy atom. The number of rotatable bonds is 9. The first-order chi connectivity index (χ1) is 10.4. The van der Waals surface area contributed by atoms with Gasteiger partial charge in [0.15, 0.2) is 0 Å². The normalized spacial score (nSPS) is 12.2. The van der Waals surface area contributed by atoms with E-state index < -0.39 is 30.8 Å². The number of thioether (sulfide) groups is 1. The van der Waals surface area contributed by atoms with Gasteiger partial charge in [0.2, 0.25) is 12.3 Å². The van der Waals surface area contributed by atoms with Gasteiger partial charge < -0.3 is 10.4 Å². The lowest BCUT2D eigenvalue weighted by Crippen LogP contribution is -2.41. The van der Waals surface area contributed by atoms with E-state index in [1.54, 1.807) is 11.8 Å². The van der Waals surface area contributed by atoms with Crippen LogP contribution in [0.5, 0.6) is 0 Å². The van der Waals surface area contributed by atoms with E-state index in [2.05, 4.69) is 21.2 Å². The van der Waals surface area contributed by atoms with Gasteiger partial charge in [-0.25, -0.2) is 13.6 Å². The molecule has 0 aliphatic rings. The van der Waals surface area contributed by atoms with Crippen molar-refractivity contribution in [3.8, 4) is 0 Å². The molecule has 0 aromatic heterocycles. The van der Waals surface area contributed by atoms with Crippen LogP contribution in [0, 0.1) is 0 Å². The van der Waals surface area contributed by atoms with Crippen molar-refractivity contribution in [2.45, 2.75) is 36.6 Å². The standard InChI is InChI=1S/C14H16BrF2NO3S/c15-9-3-5-10(6-4-9)22-7-1-2-13(19)18-11(14(20)21)8-12(16)17/h3-6,11-12H,1-2,7-8H2,(H,18,19)(H,20,21). The minimum atomic E-state index is -2.77. The number of carboxylic acid groups (broad SMARTS) is 1. The highest BCUT2D eigenvalue weighted by Crippen LogP contribution is 2.21. The number of carbonyl (C=O) groups is 2. The monoisotopic (exact) mass is 395 g/mol. The summed E-state index contributed by atoms with van der Waals surface area (Å²) < 4.78 is 25.4. The first kappa shape index (κ1) is 18.9. The highest BCUT2D eigenvalue weighted by molar-refractivity contribution is 9.10. The Morgan fingerprint density at radius 1 is 1.27 bits per heavy atom. The number of amides is 1. The zero-order valence-electron chi connectivity index (χ0n) is 11.6. The molecule has 8 heteroatoms. The van der Waals surface area contributed by atoms with Gasteiger partial charge in [0.25, 0.3) is 0 Å². The molecule has 0 heterocycles. The molecule has 0 aliphatic heterocycles. The minimum Gasteiger partial charge on any atom is -0.480 e. The lowest BCUT2D eigenvalue weighted by molar-refractivity contribution is -0.143. The van der Waals surface area contributed by atoms with Crippen LogP contribution in [-0.4, -0.2) is 35.2 Å². The molecule has 1 amide bonds. The fraction of sp³-hybridized carbons (Fsp3) is 0.429. The zero-order chi connectivity index (χ0) is 16.5. The van der Waals surface area contributed by atoms with E-state index in [1.165, 1.54) is 0 Å². The molecule has 4 nitrogen and oxygen atoms in total. The summed E-state index contributed by atoms with van der Waals surface area (Å²) in [7, 11) is 0. The molecule has 1 atom stereocenters. The van der Waals surface area contributed by atoms with Crippen molar-refractivity contribution in [1.82, 2.24) is 5.32 Å². The van der Waals surface area contributed by atoms with Crippen LogP contribution in [0.3, 0.4) is 0 Å². The zero-order valence-corrected chi connectivity index (χ0v) is 14.0. The van der Waals surface area contributed by atoms with Gasteiger partial charge in [0.05, 0.1) is 0 Å². The highest BCUT2D eigenvalue weighted by atomic mass is 79.9. The topological polar surface area (TPSA) is 66.4 Å². The van der Waals surface area contributed by atoms with Crippen molar-refractivity contribution >= 4 is 39.6 Å². The van der Waals surface area contributed by atoms with E-state index >= 15 is 0 Å². The first-order valence-electron chi connectivity index (χ1n) is 6.57. The fourth-order valence-electron chi connectivity index (χ4n) is 1.62. The van der Waals surface area contributed by atoms with Crippen molar-refractivity contribution < 1.29 is 23.5 Å². The maximum Gasteiger partial charge on any atom is 0.326 e. The summed E-state index contributed by atoms with van der Waals surface area (Å²) in [5.41, 5.74) is 0. The Bertz CT molecular complexity index is 499. The second-order valence-electron chi connectivity index (χ2n) is 4.49. The number of carbonyl (C=O) groups excluding carboxylic acids is 1. The largest absolute Gasteiger partial charge is 0.480 e. The Kier molecular flexibility index (Phi) is 8.40. The van der Waals surface area contributed by atoms with Gasteiger partial charge in [0, 0.05) is 22.2 Å². The molecule has 0 bridgehead atoms. The second kappa shape index (κ2) is 9.78. The molecule has 1 aromatic rings. The van der Waals surface area contributed by atoms with Crippen molar-refractivity contribution in [3.63, 3.8) is 0 Å². The molecule has 0 fully saturated rings. The number of benzene rings is 1. The van der Waals surface area contributed by atoms with Crippen LogP contribution in [0.4, 0.5) is 8.78 Å². The summed E-state index contributed by atoms with van der Waals surface area (Å²) in [5, 5.41) is 10.9. The van der Waals surface area contributed by atoms with Crippen LogP contribution in [0.15, 0.2) is 33.6 Å². The number of hydrogen-bond donors (Lipinski definition) is 2. The van der Waals surface area contributed by atoms with Crippen LogP contribution in [0.2, 0.25) is 0 Å². The summed E-state index contributed by atoms with van der Waals surface area (Å²) in [6.07, 6.45) is -3.01. The average molecular weight is 396 g/mol. The molecule has 122 valence electrons. The van der Waals surface area contributed by atoms with E-state index in [0.29, 0.717) is 12.2 Å². The third-order valence-electron chi connectivity index (χ3n) is 2.68. The van der Waals surface area contributed by atoms with Gasteiger partial charge in [0.1, 0.15) is 6.04 Å². The molecule has 22 heavy (non-hydrogen) atoms. The first-order valence-corrected chi connectivity index (χ1v) is 8.35. The summed E-state index contributed by atoms with van der Waals surface area (Å²) >= 11 is 4.90. The SMILES string of the molecule is O=C(CCCSc1ccc(Br)cc1)NC(CC(F)F)C(=O)O. The summed E-state index contributed by atoms with van der Waals surface area (Å²) in [5.74, 6) is -1.29. The van der Waals surface area contributed by atoms with E-state index in [0.717, 1.165) is 9.37 Å². The van der Waals surface area contributed by atoms with Crippen LogP contribution < -0.4 is 5.32 Å². The maximum absolute atomic E-state index is 12.2. The Morgan fingerprint density at radius 3 is 2.45 bits per heavy atom. The van der Waals surface area contributed by atoms with Crippen molar-refractivity contribution in [2.75, 3.05) is 5.75 Å². The predicted molar refractivity (Wildman–Crippen MR) is 84.3 cm³/mol. The van der Waals surface area contributed by atoms with Gasteiger partial charge in [-0.1, -0.05) is 15.9 Å². The van der Waals surface area contributed by atoms with Crippen molar-refractivity contribution in [1.29, 1.82) is 0 Å². The second-order valence-corrected chi connectivity index (χ2v) is 6.58. The van der Waals surface area contributed by atoms with Crippen LogP contribution >= 0.6 is 27.7 Å². The van der Waals surface area contributed by atoms with Gasteiger partial charge in [-0.15, -0.1) is 11.8 Å². The molecule has 1 aromatic carbocycles. The number of nitrogens with one attached hydrogen (secondary N) is 1. The number of hydrogen-bond acceptors (Lipinski definition) is 3. The lowest BCUT2D eigenvalue weighted by Gasteiger charge is -2.13. The molecule has 0 radical (unpaired) electrons. The Balaban J connectivity index is 2.27. The molecule has 1 rings (SSSR count). The third-order valence-corrected chi connectivity index (χ3v) is 4.30. The van der Waals surface area contributed by atoms with Gasteiger partial charge in [-0.3, -0.25) is 4.79 Å². The molecular weight excluding hydrogens is 380 g/mol. The number of halogens is 3. The highest BCUT2D eigenvalue weighted by Gasteiger charge is 2.23. The lowest BCUT2D eigenvalue weighted by atomic mass is 10.2. The molecular formula is C14H16BrF2NO3S. The molecule has 0 saturated heterocycles. The Labute approximate surface area is 139 Å². The fourth-order valence-corrected chi connectivity index (χ4v) is 2.74. The third kappa shape index (κ3) is 7.74. The van der Waals surface area contributed by atoms with Crippen LogP contribution in [-0.2, 0) is 9.59 Å². The van der Waals surface area contributed by atoms with E-state index in [-0.39, 0.29) is 6.42 Å². The summed E-state index contributed by atoms with van der Waals surface area (Å²) in [6.45, 7) is 0. The summed E-state index contributed by atoms with van der Waals surface area (Å²) in [4.78, 5) is 23.4. The molecule has 0 aliphatic carbocycles. The van der Waals surface area contributed by atoms with E-state index in [4.69, 9.17) is 5.11 Å². The number of carboxylic acids is 1. The van der Waals surface area contributed by atoms with Gasteiger partial charge >= 0.3 is 5.97 Å². The quantitative estimate of drug-likeness (QED) is 0.495. The van der Waals surface area contributed by atoms with Crippen LogP contribution in [0.1, 0.15) is 19.3 Å². The number of alkyl halides is 2. The molecule has 0 saturated carbocycles. The van der Waals surface area contributed by atoms with Crippen molar-refractivity contribution in [2.24, 2.45) is 0 Å².